The van der Waals surface area contributed by atoms with Crippen LogP contribution in [0.25, 0.3) is 0 Å². The van der Waals surface area contributed by atoms with Gasteiger partial charge in [-0.25, -0.2) is 0 Å². The van der Waals surface area contributed by atoms with Gasteiger partial charge in [-0.3, -0.25) is 4.79 Å². The van der Waals surface area contributed by atoms with Gasteiger partial charge in [0.1, 0.15) is 0 Å². The van der Waals surface area contributed by atoms with Crippen LogP contribution in [0, 0.1) is 6.92 Å². The molecule has 0 atom stereocenters. The molecule has 19 heavy (non-hydrogen) atoms. The molecule has 0 heterocycles. The quantitative estimate of drug-likeness (QED) is 0.894. The van der Waals surface area contributed by atoms with Crippen LogP contribution in [-0.4, -0.2) is 23.5 Å². The van der Waals surface area contributed by atoms with E-state index in [2.05, 4.69) is 27.5 Å². The molecule has 1 amide bonds. The van der Waals surface area contributed by atoms with E-state index in [4.69, 9.17) is 0 Å². The Bertz CT molecular complexity index is 455. The molecule has 1 aromatic rings. The molecule has 0 saturated heterocycles. The molecule has 4 heteroatoms. The predicted molar refractivity (Wildman–Crippen MR) is 85.9 cm³/mol. The van der Waals surface area contributed by atoms with Gasteiger partial charge in [0.2, 0.25) is 0 Å². The summed E-state index contributed by atoms with van der Waals surface area (Å²) in [5.41, 5.74) is 1.81. The summed E-state index contributed by atoms with van der Waals surface area (Å²) in [7, 11) is 0. The van der Waals surface area contributed by atoms with E-state index in [1.807, 2.05) is 36.9 Å². The van der Waals surface area contributed by atoms with E-state index in [0.29, 0.717) is 6.04 Å². The lowest BCUT2D eigenvalue weighted by atomic mass is 9.94. The van der Waals surface area contributed by atoms with Crippen molar-refractivity contribution in [3.05, 3.63) is 33.8 Å². The average molecular weight is 342 g/mol. The number of amides is 1. The molecule has 0 bridgehead atoms. The van der Waals surface area contributed by atoms with Crippen molar-refractivity contribution in [1.29, 1.82) is 0 Å². The molecule has 0 spiro atoms. The fourth-order valence-corrected chi connectivity index (χ4v) is 3.65. The second-order valence-electron chi connectivity index (χ2n) is 5.14. The lowest BCUT2D eigenvalue weighted by Gasteiger charge is -2.28. The standard InChI is InChI=1S/C15H20BrNOS/c1-10-3-4-11(16)9-14(10)15(18)17-12-5-7-13(19-2)8-6-12/h3-4,9,12-13H,5-8H2,1-2H3,(H,17,18). The first kappa shape index (κ1) is 14.9. The van der Waals surface area contributed by atoms with Crippen LogP contribution in [0.4, 0.5) is 0 Å². The summed E-state index contributed by atoms with van der Waals surface area (Å²) >= 11 is 5.37. The number of hydrogen-bond acceptors (Lipinski definition) is 2. The zero-order valence-corrected chi connectivity index (χ0v) is 13.8. The second kappa shape index (κ2) is 6.80. The Kier molecular flexibility index (Phi) is 5.34. The first-order valence-corrected chi connectivity index (χ1v) is 8.78. The summed E-state index contributed by atoms with van der Waals surface area (Å²) in [4.78, 5) is 12.3. The topological polar surface area (TPSA) is 29.1 Å². The zero-order chi connectivity index (χ0) is 13.8. The number of aryl methyl sites for hydroxylation is 1. The van der Waals surface area contributed by atoms with Gasteiger partial charge >= 0.3 is 0 Å². The van der Waals surface area contributed by atoms with Crippen molar-refractivity contribution in [3.8, 4) is 0 Å². The van der Waals surface area contributed by atoms with Crippen LogP contribution in [0.3, 0.4) is 0 Å². The van der Waals surface area contributed by atoms with Gasteiger partial charge in [-0.1, -0.05) is 22.0 Å². The monoisotopic (exact) mass is 341 g/mol. The Labute approximate surface area is 127 Å². The van der Waals surface area contributed by atoms with E-state index in [1.165, 1.54) is 12.8 Å². The Morgan fingerprint density at radius 2 is 2.00 bits per heavy atom. The van der Waals surface area contributed by atoms with Gasteiger partial charge in [0.05, 0.1) is 0 Å². The largest absolute Gasteiger partial charge is 0.349 e. The summed E-state index contributed by atoms with van der Waals surface area (Å²) in [6.07, 6.45) is 6.80. The second-order valence-corrected chi connectivity index (χ2v) is 7.20. The van der Waals surface area contributed by atoms with Crippen LogP contribution in [0.15, 0.2) is 22.7 Å². The minimum Gasteiger partial charge on any atom is -0.349 e. The van der Waals surface area contributed by atoms with Crippen LogP contribution < -0.4 is 5.32 Å². The molecule has 0 unspecified atom stereocenters. The van der Waals surface area contributed by atoms with Gasteiger partial charge in [0, 0.05) is 21.3 Å². The van der Waals surface area contributed by atoms with Gasteiger partial charge in [0.25, 0.3) is 5.91 Å². The predicted octanol–water partition coefficient (Wildman–Crippen LogP) is 4.16. The summed E-state index contributed by atoms with van der Waals surface area (Å²) in [5.74, 6) is 0.0615. The van der Waals surface area contributed by atoms with Crippen molar-refractivity contribution < 1.29 is 4.79 Å². The highest BCUT2D eigenvalue weighted by Gasteiger charge is 2.22. The number of benzene rings is 1. The van der Waals surface area contributed by atoms with E-state index in [-0.39, 0.29) is 5.91 Å². The molecule has 0 aromatic heterocycles. The highest BCUT2D eigenvalue weighted by molar-refractivity contribution is 9.10. The van der Waals surface area contributed by atoms with Crippen molar-refractivity contribution in [2.75, 3.05) is 6.26 Å². The molecule has 2 rings (SSSR count). The molecule has 1 saturated carbocycles. The molecule has 1 N–H and O–H groups in total. The maximum Gasteiger partial charge on any atom is 0.251 e. The molecular weight excluding hydrogens is 322 g/mol. The van der Waals surface area contributed by atoms with Crippen LogP contribution in [0.2, 0.25) is 0 Å². The van der Waals surface area contributed by atoms with E-state index >= 15 is 0 Å². The maximum atomic E-state index is 12.3. The van der Waals surface area contributed by atoms with E-state index in [1.54, 1.807) is 0 Å². The third-order valence-corrected chi connectivity index (χ3v) is 5.42. The van der Waals surface area contributed by atoms with E-state index in [0.717, 1.165) is 33.7 Å². The Hall–Kier alpha value is -0.480. The number of hydrogen-bond donors (Lipinski definition) is 1. The van der Waals surface area contributed by atoms with Crippen LogP contribution in [-0.2, 0) is 0 Å². The number of thioether (sulfide) groups is 1. The number of rotatable bonds is 3. The van der Waals surface area contributed by atoms with Crippen molar-refractivity contribution in [2.45, 2.75) is 43.9 Å². The summed E-state index contributed by atoms with van der Waals surface area (Å²) in [6.45, 7) is 1.98. The average Bonchev–Trinajstić information content (AvgIpc) is 2.42. The van der Waals surface area contributed by atoms with Crippen molar-refractivity contribution >= 4 is 33.6 Å². The van der Waals surface area contributed by atoms with Crippen molar-refractivity contribution in [3.63, 3.8) is 0 Å². The van der Waals surface area contributed by atoms with Crippen LogP contribution in [0.5, 0.6) is 0 Å². The van der Waals surface area contributed by atoms with Gasteiger partial charge in [-0.05, 0) is 56.6 Å². The van der Waals surface area contributed by atoms with E-state index < -0.39 is 0 Å². The lowest BCUT2D eigenvalue weighted by molar-refractivity contribution is 0.0927. The summed E-state index contributed by atoms with van der Waals surface area (Å²) in [6, 6.07) is 6.19. The molecule has 1 aliphatic carbocycles. The number of nitrogens with one attached hydrogen (secondary N) is 1. The Morgan fingerprint density at radius 3 is 2.63 bits per heavy atom. The minimum absolute atomic E-state index is 0.0615. The zero-order valence-electron chi connectivity index (χ0n) is 11.4. The van der Waals surface area contributed by atoms with Crippen LogP contribution >= 0.6 is 27.7 Å². The van der Waals surface area contributed by atoms with E-state index in [9.17, 15) is 4.79 Å². The van der Waals surface area contributed by atoms with Crippen molar-refractivity contribution in [2.24, 2.45) is 0 Å². The molecule has 0 radical (unpaired) electrons. The SMILES string of the molecule is CSC1CCC(NC(=O)c2cc(Br)ccc2C)CC1. The molecule has 0 aliphatic heterocycles. The minimum atomic E-state index is 0.0615. The van der Waals surface area contributed by atoms with Gasteiger partial charge < -0.3 is 5.32 Å². The molecule has 1 fully saturated rings. The van der Waals surface area contributed by atoms with Crippen molar-refractivity contribution in [1.82, 2.24) is 5.32 Å². The molecule has 2 nitrogen and oxygen atoms in total. The third-order valence-electron chi connectivity index (χ3n) is 3.79. The lowest BCUT2D eigenvalue weighted by Crippen LogP contribution is -2.38. The fraction of sp³-hybridized carbons (Fsp3) is 0.533. The highest BCUT2D eigenvalue weighted by Crippen LogP contribution is 2.27. The Balaban J connectivity index is 1.96. The summed E-state index contributed by atoms with van der Waals surface area (Å²) < 4.78 is 0.953. The van der Waals surface area contributed by atoms with Gasteiger partial charge in [0.15, 0.2) is 0 Å². The first-order chi connectivity index (χ1) is 9.10. The molecule has 1 aromatic carbocycles. The smallest absolute Gasteiger partial charge is 0.251 e. The Morgan fingerprint density at radius 1 is 1.32 bits per heavy atom. The fourth-order valence-electron chi connectivity index (χ4n) is 2.54. The van der Waals surface area contributed by atoms with Crippen LogP contribution in [0.1, 0.15) is 41.6 Å². The number of halogens is 1. The van der Waals surface area contributed by atoms with Gasteiger partial charge in [-0.2, -0.15) is 11.8 Å². The third kappa shape index (κ3) is 3.99. The molecule has 104 valence electrons. The molecule has 1 aliphatic rings. The maximum absolute atomic E-state index is 12.3. The normalized spacial score (nSPS) is 23.1. The first-order valence-electron chi connectivity index (χ1n) is 6.70. The summed E-state index contributed by atoms with van der Waals surface area (Å²) in [5, 5.41) is 3.96. The number of carbonyl (C=O) groups is 1. The molecular formula is C15H20BrNOS. The number of carbonyl (C=O) groups excluding carboxylic acids is 1. The highest BCUT2D eigenvalue weighted by atomic mass is 79.9. The van der Waals surface area contributed by atoms with Gasteiger partial charge in [-0.15, -0.1) is 0 Å².